The molecular formula is C16H20N4O2. The van der Waals surface area contributed by atoms with Crippen LogP contribution in [0.5, 0.6) is 0 Å². The van der Waals surface area contributed by atoms with Gasteiger partial charge >= 0.3 is 5.97 Å². The van der Waals surface area contributed by atoms with Crippen molar-refractivity contribution in [2.24, 2.45) is 0 Å². The van der Waals surface area contributed by atoms with Gasteiger partial charge in [0.1, 0.15) is 17.5 Å². The monoisotopic (exact) mass is 300 g/mol. The van der Waals surface area contributed by atoms with E-state index in [2.05, 4.69) is 20.6 Å². The van der Waals surface area contributed by atoms with E-state index in [-0.39, 0.29) is 6.04 Å². The van der Waals surface area contributed by atoms with Gasteiger partial charge in [0, 0.05) is 12.1 Å². The predicted octanol–water partition coefficient (Wildman–Crippen LogP) is 3.14. The lowest BCUT2D eigenvalue weighted by Crippen LogP contribution is -2.12. The number of esters is 1. The summed E-state index contributed by atoms with van der Waals surface area (Å²) in [6, 6.07) is 9.21. The highest BCUT2D eigenvalue weighted by Crippen LogP contribution is 2.22. The molecule has 1 aromatic heterocycles. The molecule has 0 aliphatic rings. The second-order valence-electron chi connectivity index (χ2n) is 5.15. The maximum absolute atomic E-state index is 11.8. The summed E-state index contributed by atoms with van der Waals surface area (Å²) in [5.74, 6) is 1.60. The molecule has 0 aliphatic heterocycles. The molecule has 0 aliphatic carbocycles. The number of hydrogen-bond donors (Lipinski definition) is 2. The maximum atomic E-state index is 11.8. The van der Waals surface area contributed by atoms with Crippen molar-refractivity contribution in [2.45, 2.75) is 26.8 Å². The van der Waals surface area contributed by atoms with Gasteiger partial charge in [0.25, 0.3) is 0 Å². The van der Waals surface area contributed by atoms with Crippen LogP contribution >= 0.6 is 0 Å². The van der Waals surface area contributed by atoms with Crippen molar-refractivity contribution in [2.75, 3.05) is 17.7 Å². The van der Waals surface area contributed by atoms with Crippen LogP contribution in [0.25, 0.3) is 0 Å². The Labute approximate surface area is 129 Å². The Morgan fingerprint density at radius 2 is 1.86 bits per heavy atom. The standard InChI is InChI=1S/C16H20N4O2/c1-10(2)17-14-9-15(19-11(3)18-14)20-13-8-6-5-7-12(13)16(21)22-4/h5-10H,1-4H3,(H2,17,18,19,20). The van der Waals surface area contributed by atoms with Crippen LogP contribution in [0.4, 0.5) is 17.3 Å². The minimum Gasteiger partial charge on any atom is -0.465 e. The Hall–Kier alpha value is -2.63. The maximum Gasteiger partial charge on any atom is 0.339 e. The second kappa shape index (κ2) is 6.89. The Morgan fingerprint density at radius 3 is 2.55 bits per heavy atom. The molecule has 1 aromatic carbocycles. The van der Waals surface area contributed by atoms with E-state index in [1.165, 1.54) is 7.11 Å². The number of nitrogens with one attached hydrogen (secondary N) is 2. The van der Waals surface area contributed by atoms with Crippen LogP contribution in [-0.2, 0) is 4.74 Å². The predicted molar refractivity (Wildman–Crippen MR) is 86.6 cm³/mol. The zero-order chi connectivity index (χ0) is 16.1. The molecule has 2 N–H and O–H groups in total. The van der Waals surface area contributed by atoms with Crippen molar-refractivity contribution >= 4 is 23.3 Å². The van der Waals surface area contributed by atoms with Crippen LogP contribution in [0, 0.1) is 6.92 Å². The molecule has 22 heavy (non-hydrogen) atoms. The summed E-state index contributed by atoms with van der Waals surface area (Å²) in [6.07, 6.45) is 0. The van der Waals surface area contributed by atoms with Crippen LogP contribution < -0.4 is 10.6 Å². The molecule has 0 atom stereocenters. The van der Waals surface area contributed by atoms with Gasteiger partial charge in [-0.1, -0.05) is 12.1 Å². The summed E-state index contributed by atoms with van der Waals surface area (Å²) in [7, 11) is 1.36. The summed E-state index contributed by atoms with van der Waals surface area (Å²) >= 11 is 0. The molecule has 0 bridgehead atoms. The van der Waals surface area contributed by atoms with E-state index in [0.717, 1.165) is 5.82 Å². The number of carbonyl (C=O) groups is 1. The van der Waals surface area contributed by atoms with Crippen LogP contribution in [0.1, 0.15) is 30.0 Å². The number of aromatic nitrogens is 2. The molecule has 2 aromatic rings. The smallest absolute Gasteiger partial charge is 0.339 e. The Balaban J connectivity index is 2.31. The summed E-state index contributed by atoms with van der Waals surface area (Å²) < 4.78 is 4.79. The summed E-state index contributed by atoms with van der Waals surface area (Å²) in [5, 5.41) is 6.39. The van der Waals surface area contributed by atoms with Gasteiger partial charge in [-0.3, -0.25) is 0 Å². The third kappa shape index (κ3) is 3.94. The number of methoxy groups -OCH3 is 1. The number of anilines is 3. The molecule has 2 rings (SSSR count). The number of carbonyl (C=O) groups excluding carboxylic acids is 1. The van der Waals surface area contributed by atoms with Gasteiger partial charge in [0.05, 0.1) is 18.4 Å². The average Bonchev–Trinajstić information content (AvgIpc) is 2.45. The Bertz CT molecular complexity index is 671. The number of rotatable bonds is 5. The molecule has 0 amide bonds. The number of nitrogens with zero attached hydrogens (tertiary/aromatic N) is 2. The van der Waals surface area contributed by atoms with Gasteiger partial charge in [-0.25, -0.2) is 14.8 Å². The number of para-hydroxylation sites is 1. The first kappa shape index (κ1) is 15.8. The first-order valence-corrected chi connectivity index (χ1v) is 7.06. The van der Waals surface area contributed by atoms with E-state index < -0.39 is 5.97 Å². The molecule has 116 valence electrons. The fourth-order valence-corrected chi connectivity index (χ4v) is 2.02. The molecule has 0 unspecified atom stereocenters. The molecule has 0 saturated carbocycles. The van der Waals surface area contributed by atoms with Crippen LogP contribution in [0.2, 0.25) is 0 Å². The van der Waals surface area contributed by atoms with Crippen molar-refractivity contribution in [3.63, 3.8) is 0 Å². The van der Waals surface area contributed by atoms with Gasteiger partial charge in [0.15, 0.2) is 0 Å². The van der Waals surface area contributed by atoms with Crippen LogP contribution in [0.3, 0.4) is 0 Å². The van der Waals surface area contributed by atoms with E-state index in [1.54, 1.807) is 24.3 Å². The number of benzene rings is 1. The SMILES string of the molecule is COC(=O)c1ccccc1Nc1cc(NC(C)C)nc(C)n1. The normalized spacial score (nSPS) is 10.4. The number of hydrogen-bond acceptors (Lipinski definition) is 6. The molecule has 0 radical (unpaired) electrons. The Morgan fingerprint density at radius 1 is 1.18 bits per heavy atom. The third-order valence-electron chi connectivity index (χ3n) is 2.87. The van der Waals surface area contributed by atoms with Crippen molar-refractivity contribution in [3.8, 4) is 0 Å². The van der Waals surface area contributed by atoms with Crippen molar-refractivity contribution in [1.29, 1.82) is 0 Å². The molecule has 0 spiro atoms. The van der Waals surface area contributed by atoms with Crippen molar-refractivity contribution < 1.29 is 9.53 Å². The molecule has 6 nitrogen and oxygen atoms in total. The molecular weight excluding hydrogens is 280 g/mol. The largest absolute Gasteiger partial charge is 0.465 e. The highest BCUT2D eigenvalue weighted by molar-refractivity contribution is 5.96. The fraction of sp³-hybridized carbons (Fsp3) is 0.312. The number of aryl methyl sites for hydroxylation is 1. The van der Waals surface area contributed by atoms with Gasteiger partial charge in [-0.2, -0.15) is 0 Å². The lowest BCUT2D eigenvalue weighted by atomic mass is 10.2. The second-order valence-corrected chi connectivity index (χ2v) is 5.15. The lowest BCUT2D eigenvalue weighted by Gasteiger charge is -2.13. The lowest BCUT2D eigenvalue weighted by molar-refractivity contribution is 0.0602. The minimum atomic E-state index is -0.394. The molecule has 1 heterocycles. The fourth-order valence-electron chi connectivity index (χ4n) is 2.02. The van der Waals surface area contributed by atoms with Crippen molar-refractivity contribution in [1.82, 2.24) is 9.97 Å². The summed E-state index contributed by atoms with van der Waals surface area (Å²) in [6.45, 7) is 5.90. The zero-order valence-electron chi connectivity index (χ0n) is 13.2. The van der Waals surface area contributed by atoms with Gasteiger partial charge in [0.2, 0.25) is 0 Å². The summed E-state index contributed by atoms with van der Waals surface area (Å²) in [5.41, 5.74) is 1.10. The first-order valence-electron chi connectivity index (χ1n) is 7.06. The van der Waals surface area contributed by atoms with Crippen LogP contribution in [0.15, 0.2) is 30.3 Å². The van der Waals surface area contributed by atoms with E-state index in [1.807, 2.05) is 26.8 Å². The molecule has 6 heteroatoms. The topological polar surface area (TPSA) is 76.1 Å². The third-order valence-corrected chi connectivity index (χ3v) is 2.87. The van der Waals surface area contributed by atoms with Crippen molar-refractivity contribution in [3.05, 3.63) is 41.7 Å². The summed E-state index contributed by atoms with van der Waals surface area (Å²) in [4.78, 5) is 20.5. The molecule has 0 fully saturated rings. The zero-order valence-corrected chi connectivity index (χ0v) is 13.2. The van der Waals surface area contributed by atoms with E-state index in [4.69, 9.17) is 4.74 Å². The average molecular weight is 300 g/mol. The highest BCUT2D eigenvalue weighted by Gasteiger charge is 2.12. The Kier molecular flexibility index (Phi) is 4.93. The van der Waals surface area contributed by atoms with Gasteiger partial charge < -0.3 is 15.4 Å². The highest BCUT2D eigenvalue weighted by atomic mass is 16.5. The van der Waals surface area contributed by atoms with E-state index in [9.17, 15) is 4.79 Å². The van der Waals surface area contributed by atoms with E-state index in [0.29, 0.717) is 22.9 Å². The number of ether oxygens (including phenoxy) is 1. The van der Waals surface area contributed by atoms with Gasteiger partial charge in [-0.05, 0) is 32.9 Å². The minimum absolute atomic E-state index is 0.268. The van der Waals surface area contributed by atoms with E-state index >= 15 is 0 Å². The quantitative estimate of drug-likeness (QED) is 0.826. The van der Waals surface area contributed by atoms with Gasteiger partial charge in [-0.15, -0.1) is 0 Å². The van der Waals surface area contributed by atoms with Crippen LogP contribution in [-0.4, -0.2) is 29.1 Å². The molecule has 0 saturated heterocycles. The first-order chi connectivity index (χ1) is 10.5.